The number of hydrogen-bond acceptors (Lipinski definition) is 0. The Morgan fingerprint density at radius 3 is 1.83 bits per heavy atom. The van der Waals surface area contributed by atoms with Crippen LogP contribution in [0, 0.1) is 6.92 Å². The van der Waals surface area contributed by atoms with E-state index in [4.69, 9.17) is 0 Å². The molecule has 0 unspecified atom stereocenters. The molecule has 0 aliphatic heterocycles. The highest BCUT2D eigenvalue weighted by molar-refractivity contribution is 5.34. The Balaban J connectivity index is 0.000000305. The van der Waals surface area contributed by atoms with E-state index in [1.54, 1.807) is 11.1 Å². The summed E-state index contributed by atoms with van der Waals surface area (Å²) in [4.78, 5) is 0. The lowest BCUT2D eigenvalue weighted by molar-refractivity contribution is 0.504. The summed E-state index contributed by atoms with van der Waals surface area (Å²) in [5.41, 5.74) is 4.56. The Hall–Kier alpha value is -0.780. The third kappa shape index (κ3) is 6.23. The standard InChI is InChI=1S/C10H12.C4H8.C3H8.CH4/c1-8-5-6-9-3-2-4-10(9)7-8;1-2-4-3-1;1-3-2;/h5-7H,2-4H2,1H3;1-4H2;3H2,1-2H3;1H4. The molecule has 1 aromatic rings. The van der Waals surface area contributed by atoms with Crippen LogP contribution >= 0.6 is 0 Å². The summed E-state index contributed by atoms with van der Waals surface area (Å²) in [6, 6.07) is 6.81. The number of fused-ring (bicyclic) bond motifs is 1. The van der Waals surface area contributed by atoms with Gasteiger partial charge < -0.3 is 0 Å². The fourth-order valence-electron chi connectivity index (χ4n) is 1.95. The van der Waals surface area contributed by atoms with Gasteiger partial charge in [-0.2, -0.15) is 0 Å². The first-order valence-corrected chi connectivity index (χ1v) is 7.36. The summed E-state index contributed by atoms with van der Waals surface area (Å²) < 4.78 is 0. The molecule has 0 radical (unpaired) electrons. The molecule has 1 aromatic carbocycles. The van der Waals surface area contributed by atoms with Crippen LogP contribution < -0.4 is 0 Å². The van der Waals surface area contributed by atoms with Gasteiger partial charge in [-0.3, -0.25) is 0 Å². The van der Waals surface area contributed by atoms with Crippen molar-refractivity contribution in [1.29, 1.82) is 0 Å². The van der Waals surface area contributed by atoms with E-state index in [9.17, 15) is 0 Å². The number of benzene rings is 1. The molecule has 0 nitrogen and oxygen atoms in total. The SMILES string of the molecule is C.C1CCC1.CCC.Cc1ccc2c(c1)CCC2. The monoisotopic (exact) mass is 248 g/mol. The van der Waals surface area contributed by atoms with Crippen molar-refractivity contribution in [3.8, 4) is 0 Å². The Morgan fingerprint density at radius 1 is 0.833 bits per heavy atom. The van der Waals surface area contributed by atoms with Gasteiger partial charge in [0.1, 0.15) is 0 Å². The van der Waals surface area contributed by atoms with Gasteiger partial charge in [-0.1, -0.05) is 77.1 Å². The van der Waals surface area contributed by atoms with Crippen molar-refractivity contribution in [3.05, 3.63) is 34.9 Å². The molecular formula is C18H32. The van der Waals surface area contributed by atoms with Gasteiger partial charge in [0.05, 0.1) is 0 Å². The first kappa shape index (κ1) is 17.2. The first-order chi connectivity index (χ1) is 8.27. The number of hydrogen-bond donors (Lipinski definition) is 0. The summed E-state index contributed by atoms with van der Waals surface area (Å²) in [6.45, 7) is 6.42. The van der Waals surface area contributed by atoms with E-state index < -0.39 is 0 Å². The molecule has 0 N–H and O–H groups in total. The molecule has 2 aliphatic carbocycles. The number of aryl methyl sites for hydroxylation is 3. The van der Waals surface area contributed by atoms with E-state index in [2.05, 4.69) is 39.0 Å². The molecule has 1 saturated carbocycles. The molecule has 18 heavy (non-hydrogen) atoms. The van der Waals surface area contributed by atoms with Gasteiger partial charge in [-0.25, -0.2) is 0 Å². The second-order valence-corrected chi connectivity index (χ2v) is 5.25. The van der Waals surface area contributed by atoms with Crippen LogP contribution in [0.4, 0.5) is 0 Å². The molecule has 0 heteroatoms. The van der Waals surface area contributed by atoms with Crippen LogP contribution in [0.3, 0.4) is 0 Å². The fraction of sp³-hybridized carbons (Fsp3) is 0.667. The predicted molar refractivity (Wildman–Crippen MR) is 84.4 cm³/mol. The largest absolute Gasteiger partial charge is 0.0776 e. The molecular weight excluding hydrogens is 216 g/mol. The highest BCUT2D eigenvalue weighted by Gasteiger charge is 2.08. The molecule has 104 valence electrons. The van der Waals surface area contributed by atoms with Crippen LogP contribution in [-0.4, -0.2) is 0 Å². The van der Waals surface area contributed by atoms with Crippen LogP contribution in [-0.2, 0) is 12.8 Å². The zero-order chi connectivity index (χ0) is 12.5. The normalized spacial score (nSPS) is 14.8. The second-order valence-electron chi connectivity index (χ2n) is 5.25. The lowest BCUT2D eigenvalue weighted by atomic mass is 10.0. The van der Waals surface area contributed by atoms with E-state index in [1.807, 2.05) is 0 Å². The van der Waals surface area contributed by atoms with Crippen molar-refractivity contribution >= 4 is 0 Å². The molecule has 0 saturated heterocycles. The van der Waals surface area contributed by atoms with Crippen LogP contribution in [0.15, 0.2) is 18.2 Å². The number of rotatable bonds is 0. The van der Waals surface area contributed by atoms with Crippen LogP contribution in [0.2, 0.25) is 0 Å². The molecule has 0 heterocycles. The minimum atomic E-state index is 0. The van der Waals surface area contributed by atoms with Crippen molar-refractivity contribution in [1.82, 2.24) is 0 Å². The summed E-state index contributed by atoms with van der Waals surface area (Å²) in [6.07, 6.45) is 11.2. The summed E-state index contributed by atoms with van der Waals surface area (Å²) in [7, 11) is 0. The molecule has 0 bridgehead atoms. The van der Waals surface area contributed by atoms with Crippen LogP contribution in [0.1, 0.15) is 76.5 Å². The second kappa shape index (κ2) is 10.2. The molecule has 3 rings (SSSR count). The molecule has 0 spiro atoms. The summed E-state index contributed by atoms with van der Waals surface area (Å²) >= 11 is 0. The molecule has 2 aliphatic rings. The van der Waals surface area contributed by atoms with Gasteiger partial charge in [-0.05, 0) is 37.3 Å². The maximum Gasteiger partial charge on any atom is -0.0273 e. The average molecular weight is 248 g/mol. The topological polar surface area (TPSA) is 0 Å². The Bertz CT molecular complexity index is 304. The van der Waals surface area contributed by atoms with Crippen molar-refractivity contribution < 1.29 is 0 Å². The van der Waals surface area contributed by atoms with Gasteiger partial charge in [0.2, 0.25) is 0 Å². The summed E-state index contributed by atoms with van der Waals surface area (Å²) in [5.74, 6) is 0. The van der Waals surface area contributed by atoms with Crippen molar-refractivity contribution in [2.75, 3.05) is 0 Å². The van der Waals surface area contributed by atoms with Crippen LogP contribution in [0.25, 0.3) is 0 Å². The quantitative estimate of drug-likeness (QED) is 0.520. The van der Waals surface area contributed by atoms with Crippen molar-refractivity contribution in [2.45, 2.75) is 79.6 Å². The van der Waals surface area contributed by atoms with E-state index in [0.29, 0.717) is 0 Å². The van der Waals surface area contributed by atoms with E-state index in [1.165, 1.54) is 56.9 Å². The van der Waals surface area contributed by atoms with Gasteiger partial charge in [0.25, 0.3) is 0 Å². The van der Waals surface area contributed by atoms with Gasteiger partial charge in [0, 0.05) is 0 Å². The van der Waals surface area contributed by atoms with Gasteiger partial charge in [0.15, 0.2) is 0 Å². The highest BCUT2D eigenvalue weighted by Crippen LogP contribution is 2.22. The zero-order valence-electron chi connectivity index (χ0n) is 11.9. The third-order valence-electron chi connectivity index (χ3n) is 3.25. The molecule has 0 atom stereocenters. The van der Waals surface area contributed by atoms with E-state index in [-0.39, 0.29) is 7.43 Å². The Morgan fingerprint density at radius 2 is 1.33 bits per heavy atom. The van der Waals surface area contributed by atoms with Gasteiger partial charge >= 0.3 is 0 Å². The molecule has 0 amide bonds. The minimum absolute atomic E-state index is 0. The lowest BCUT2D eigenvalue weighted by Crippen LogP contribution is -1.85. The minimum Gasteiger partial charge on any atom is -0.0776 e. The average Bonchev–Trinajstić information content (AvgIpc) is 2.63. The molecule has 1 fully saturated rings. The Kier molecular flexibility index (Phi) is 9.73. The fourth-order valence-corrected chi connectivity index (χ4v) is 1.95. The van der Waals surface area contributed by atoms with E-state index >= 15 is 0 Å². The first-order valence-electron chi connectivity index (χ1n) is 7.36. The predicted octanol–water partition coefficient (Wildman–Crippen LogP) is 6.10. The van der Waals surface area contributed by atoms with Crippen LogP contribution in [0.5, 0.6) is 0 Å². The van der Waals surface area contributed by atoms with Crippen molar-refractivity contribution in [3.63, 3.8) is 0 Å². The maximum absolute atomic E-state index is 2.32. The lowest BCUT2D eigenvalue weighted by Gasteiger charge is -2.05. The van der Waals surface area contributed by atoms with E-state index in [0.717, 1.165) is 0 Å². The maximum atomic E-state index is 2.32. The third-order valence-corrected chi connectivity index (χ3v) is 3.25. The molecule has 0 aromatic heterocycles. The highest BCUT2D eigenvalue weighted by atomic mass is 14.1. The summed E-state index contributed by atoms with van der Waals surface area (Å²) in [5, 5.41) is 0. The smallest absolute Gasteiger partial charge is 0.0273 e. The van der Waals surface area contributed by atoms with Gasteiger partial charge in [-0.15, -0.1) is 0 Å². The van der Waals surface area contributed by atoms with Crippen molar-refractivity contribution in [2.24, 2.45) is 0 Å². The Labute approximate surface area is 115 Å². The zero-order valence-corrected chi connectivity index (χ0v) is 11.9.